The Labute approximate surface area is 118 Å². The molecule has 20 heavy (non-hydrogen) atoms. The van der Waals surface area contributed by atoms with Gasteiger partial charge in [0, 0.05) is 18.9 Å². The summed E-state index contributed by atoms with van der Waals surface area (Å²) < 4.78 is 3.29. The number of carbonyl (C=O) groups is 1. The monoisotopic (exact) mass is 291 g/mol. The van der Waals surface area contributed by atoms with Gasteiger partial charge in [-0.25, -0.2) is 14.5 Å². The molecule has 8 heteroatoms. The number of carboxylic acid groups (broad SMARTS) is 1. The van der Waals surface area contributed by atoms with E-state index in [9.17, 15) is 4.79 Å². The van der Waals surface area contributed by atoms with Gasteiger partial charge < -0.3 is 9.67 Å². The highest BCUT2D eigenvalue weighted by Crippen LogP contribution is 2.23. The van der Waals surface area contributed by atoms with E-state index in [0.717, 1.165) is 11.2 Å². The van der Waals surface area contributed by atoms with Gasteiger partial charge in [-0.1, -0.05) is 0 Å². The number of hydrogen-bond acceptors (Lipinski definition) is 4. The maximum absolute atomic E-state index is 10.9. The third kappa shape index (κ3) is 1.83. The minimum absolute atomic E-state index is 0.0567. The minimum atomic E-state index is -1.09. The first-order valence-corrected chi connectivity index (χ1v) is 6.14. The SMILES string of the molecule is Cc1cc2nc(Cl)nc(-n3ccc(C(=O)O)n3)c2n1C. The number of halogens is 1. The van der Waals surface area contributed by atoms with E-state index in [0.29, 0.717) is 11.3 Å². The molecule has 0 aliphatic heterocycles. The van der Waals surface area contributed by atoms with Crippen LogP contribution in [0.25, 0.3) is 16.9 Å². The summed E-state index contributed by atoms with van der Waals surface area (Å²) >= 11 is 5.92. The number of rotatable bonds is 2. The number of aromatic carboxylic acids is 1. The average molecular weight is 292 g/mol. The molecule has 3 heterocycles. The molecule has 102 valence electrons. The first-order valence-electron chi connectivity index (χ1n) is 5.76. The second-order valence-electron chi connectivity index (χ2n) is 4.35. The quantitative estimate of drug-likeness (QED) is 0.728. The van der Waals surface area contributed by atoms with Crippen LogP contribution in [-0.4, -0.2) is 35.4 Å². The molecule has 0 unspecified atom stereocenters. The van der Waals surface area contributed by atoms with Gasteiger partial charge in [0.1, 0.15) is 5.52 Å². The fraction of sp³-hybridized carbons (Fsp3) is 0.167. The predicted molar refractivity (Wildman–Crippen MR) is 72.3 cm³/mol. The maximum atomic E-state index is 10.9. The topological polar surface area (TPSA) is 85.8 Å². The molecule has 0 bridgehead atoms. The summed E-state index contributed by atoms with van der Waals surface area (Å²) in [5.74, 6) is -0.647. The lowest BCUT2D eigenvalue weighted by atomic mass is 10.4. The van der Waals surface area contributed by atoms with Crippen LogP contribution >= 0.6 is 11.6 Å². The standard InChI is InChI=1S/C12H10ClN5O2/c1-6-5-8-9(17(6)2)10(15-12(13)14-8)18-4-3-7(16-18)11(19)20/h3-5H,1-2H3,(H,19,20). The van der Waals surface area contributed by atoms with Gasteiger partial charge in [-0.15, -0.1) is 0 Å². The molecule has 0 amide bonds. The Morgan fingerprint density at radius 1 is 1.40 bits per heavy atom. The molecule has 0 saturated carbocycles. The van der Waals surface area contributed by atoms with Crippen molar-refractivity contribution in [2.75, 3.05) is 0 Å². The van der Waals surface area contributed by atoms with Crippen molar-refractivity contribution in [1.29, 1.82) is 0 Å². The summed E-state index contributed by atoms with van der Waals surface area (Å²) in [4.78, 5) is 19.2. The Bertz CT molecular complexity index is 836. The van der Waals surface area contributed by atoms with E-state index < -0.39 is 5.97 Å². The van der Waals surface area contributed by atoms with Crippen LogP contribution in [0.5, 0.6) is 0 Å². The van der Waals surface area contributed by atoms with E-state index in [-0.39, 0.29) is 11.0 Å². The molecular weight excluding hydrogens is 282 g/mol. The molecule has 3 rings (SSSR count). The van der Waals surface area contributed by atoms with E-state index in [4.69, 9.17) is 16.7 Å². The largest absolute Gasteiger partial charge is 0.476 e. The highest BCUT2D eigenvalue weighted by atomic mass is 35.5. The second-order valence-corrected chi connectivity index (χ2v) is 4.68. The fourth-order valence-corrected chi connectivity index (χ4v) is 2.21. The van der Waals surface area contributed by atoms with Crippen molar-refractivity contribution in [2.24, 2.45) is 7.05 Å². The molecular formula is C12H10ClN5O2. The highest BCUT2D eigenvalue weighted by Gasteiger charge is 2.16. The zero-order valence-corrected chi connectivity index (χ0v) is 11.5. The highest BCUT2D eigenvalue weighted by molar-refractivity contribution is 6.28. The van der Waals surface area contributed by atoms with Crippen molar-refractivity contribution in [3.63, 3.8) is 0 Å². The third-order valence-electron chi connectivity index (χ3n) is 3.10. The van der Waals surface area contributed by atoms with Crippen LogP contribution in [-0.2, 0) is 7.05 Å². The zero-order chi connectivity index (χ0) is 14.4. The summed E-state index contributed by atoms with van der Waals surface area (Å²) in [6.45, 7) is 1.94. The molecule has 0 saturated heterocycles. The number of aromatic nitrogens is 5. The number of hydrogen-bond donors (Lipinski definition) is 1. The van der Waals surface area contributed by atoms with Crippen molar-refractivity contribution < 1.29 is 9.90 Å². The van der Waals surface area contributed by atoms with Crippen molar-refractivity contribution in [3.8, 4) is 5.82 Å². The summed E-state index contributed by atoms with van der Waals surface area (Å²) in [6, 6.07) is 3.29. The zero-order valence-electron chi connectivity index (χ0n) is 10.7. The first-order chi connectivity index (χ1) is 9.47. The van der Waals surface area contributed by atoms with Gasteiger partial charge in [0.15, 0.2) is 11.5 Å². The summed E-state index contributed by atoms with van der Waals surface area (Å²) in [5, 5.41) is 13.0. The van der Waals surface area contributed by atoms with Gasteiger partial charge in [-0.05, 0) is 30.7 Å². The van der Waals surface area contributed by atoms with E-state index >= 15 is 0 Å². The van der Waals surface area contributed by atoms with Crippen LogP contribution in [0.2, 0.25) is 5.28 Å². The first kappa shape index (κ1) is 12.6. The lowest BCUT2D eigenvalue weighted by molar-refractivity contribution is 0.0690. The Kier molecular flexibility index (Phi) is 2.72. The van der Waals surface area contributed by atoms with E-state index in [1.807, 2.05) is 24.6 Å². The lowest BCUT2D eigenvalue weighted by Crippen LogP contribution is -2.06. The molecule has 0 fully saturated rings. The van der Waals surface area contributed by atoms with Crippen LogP contribution in [0.15, 0.2) is 18.3 Å². The third-order valence-corrected chi connectivity index (χ3v) is 3.27. The average Bonchev–Trinajstić information content (AvgIpc) is 2.95. The van der Waals surface area contributed by atoms with E-state index in [1.54, 1.807) is 0 Å². The lowest BCUT2D eigenvalue weighted by Gasteiger charge is -2.06. The van der Waals surface area contributed by atoms with Gasteiger partial charge >= 0.3 is 5.97 Å². The van der Waals surface area contributed by atoms with Crippen LogP contribution in [0, 0.1) is 6.92 Å². The molecule has 0 aromatic carbocycles. The van der Waals surface area contributed by atoms with E-state index in [2.05, 4.69) is 15.1 Å². The number of aryl methyl sites for hydroxylation is 2. The second kappa shape index (κ2) is 4.31. The summed E-state index contributed by atoms with van der Waals surface area (Å²) in [5.41, 5.74) is 2.36. The molecule has 0 spiro atoms. The van der Waals surface area contributed by atoms with E-state index in [1.165, 1.54) is 16.9 Å². The molecule has 3 aromatic rings. The van der Waals surface area contributed by atoms with Gasteiger partial charge in [0.05, 0.1) is 5.52 Å². The Hall–Kier alpha value is -2.41. The van der Waals surface area contributed by atoms with Gasteiger partial charge in [-0.2, -0.15) is 10.1 Å². The molecule has 0 aliphatic carbocycles. The Balaban J connectivity index is 2.31. The number of nitrogens with zero attached hydrogens (tertiary/aromatic N) is 5. The Morgan fingerprint density at radius 3 is 2.80 bits per heavy atom. The van der Waals surface area contributed by atoms with Crippen LogP contribution < -0.4 is 0 Å². The molecule has 1 N–H and O–H groups in total. The maximum Gasteiger partial charge on any atom is 0.356 e. The minimum Gasteiger partial charge on any atom is -0.476 e. The number of fused-ring (bicyclic) bond motifs is 1. The number of carboxylic acids is 1. The molecule has 0 atom stereocenters. The smallest absolute Gasteiger partial charge is 0.356 e. The van der Waals surface area contributed by atoms with Gasteiger partial charge in [0.25, 0.3) is 0 Å². The van der Waals surface area contributed by atoms with Gasteiger partial charge in [0.2, 0.25) is 5.28 Å². The Morgan fingerprint density at radius 2 is 2.15 bits per heavy atom. The normalized spacial score (nSPS) is 11.2. The summed E-state index contributed by atoms with van der Waals surface area (Å²) in [7, 11) is 1.88. The predicted octanol–water partition coefficient (Wildman–Crippen LogP) is 1.81. The molecule has 0 radical (unpaired) electrons. The van der Waals surface area contributed by atoms with Crippen molar-refractivity contribution >= 4 is 28.6 Å². The van der Waals surface area contributed by atoms with Crippen LogP contribution in [0.3, 0.4) is 0 Å². The van der Waals surface area contributed by atoms with Crippen LogP contribution in [0.1, 0.15) is 16.2 Å². The van der Waals surface area contributed by atoms with Gasteiger partial charge in [-0.3, -0.25) is 0 Å². The van der Waals surface area contributed by atoms with Crippen molar-refractivity contribution in [2.45, 2.75) is 6.92 Å². The molecule has 3 aromatic heterocycles. The van der Waals surface area contributed by atoms with Crippen molar-refractivity contribution in [3.05, 3.63) is 35.0 Å². The van der Waals surface area contributed by atoms with Crippen LogP contribution in [0.4, 0.5) is 0 Å². The fourth-order valence-electron chi connectivity index (χ4n) is 2.04. The summed E-state index contributed by atoms with van der Waals surface area (Å²) in [6.07, 6.45) is 1.53. The molecule has 0 aliphatic rings. The van der Waals surface area contributed by atoms with Crippen molar-refractivity contribution in [1.82, 2.24) is 24.3 Å². The molecule has 7 nitrogen and oxygen atoms in total.